The fourth-order valence-electron chi connectivity index (χ4n) is 1.97. The van der Waals surface area contributed by atoms with Crippen molar-refractivity contribution in [2.75, 3.05) is 19.9 Å². The molecule has 0 bridgehead atoms. The molecule has 1 N–H and O–H groups in total. The molecule has 1 atom stereocenters. The Morgan fingerprint density at radius 1 is 1.53 bits per heavy atom. The Morgan fingerprint density at radius 2 is 2.13 bits per heavy atom. The SMILES string of the molecule is COC(C)C(=O)NCC1(SC)CCCC1. The van der Waals surface area contributed by atoms with Crippen molar-refractivity contribution in [2.24, 2.45) is 0 Å². The maximum atomic E-state index is 11.5. The molecule has 0 spiro atoms. The summed E-state index contributed by atoms with van der Waals surface area (Å²) in [6.45, 7) is 2.55. The van der Waals surface area contributed by atoms with Gasteiger partial charge in [-0.3, -0.25) is 4.79 Å². The second kappa shape index (κ2) is 5.75. The van der Waals surface area contributed by atoms with Gasteiger partial charge in [-0.1, -0.05) is 12.8 Å². The van der Waals surface area contributed by atoms with Gasteiger partial charge in [0, 0.05) is 18.4 Å². The molecule has 1 aliphatic rings. The van der Waals surface area contributed by atoms with E-state index in [4.69, 9.17) is 4.74 Å². The van der Waals surface area contributed by atoms with Gasteiger partial charge >= 0.3 is 0 Å². The quantitative estimate of drug-likeness (QED) is 0.784. The molecule has 1 amide bonds. The summed E-state index contributed by atoms with van der Waals surface area (Å²) < 4.78 is 5.26. The minimum absolute atomic E-state index is 0.00201. The van der Waals surface area contributed by atoms with Crippen molar-refractivity contribution in [3.05, 3.63) is 0 Å². The zero-order valence-corrected chi connectivity index (χ0v) is 10.7. The molecule has 1 rings (SSSR count). The second-order valence-electron chi connectivity index (χ2n) is 4.19. The lowest BCUT2D eigenvalue weighted by atomic mass is 10.1. The number of carbonyl (C=O) groups excluding carboxylic acids is 1. The fraction of sp³-hybridized carbons (Fsp3) is 0.909. The number of hydrogen-bond acceptors (Lipinski definition) is 3. The van der Waals surface area contributed by atoms with Gasteiger partial charge in [0.15, 0.2) is 0 Å². The van der Waals surface area contributed by atoms with Gasteiger partial charge < -0.3 is 10.1 Å². The van der Waals surface area contributed by atoms with E-state index in [0.717, 1.165) is 6.54 Å². The molecular weight excluding hydrogens is 210 g/mol. The number of nitrogens with one attached hydrogen (secondary N) is 1. The first-order valence-corrected chi connectivity index (χ1v) is 6.72. The summed E-state index contributed by atoms with van der Waals surface area (Å²) >= 11 is 1.89. The van der Waals surface area contributed by atoms with Gasteiger partial charge in [-0.15, -0.1) is 0 Å². The van der Waals surface area contributed by atoms with Gasteiger partial charge in [-0.2, -0.15) is 11.8 Å². The monoisotopic (exact) mass is 231 g/mol. The Hall–Kier alpha value is -0.220. The molecule has 88 valence electrons. The lowest BCUT2D eigenvalue weighted by Crippen LogP contribution is -2.42. The van der Waals surface area contributed by atoms with Crippen molar-refractivity contribution in [1.29, 1.82) is 0 Å². The molecule has 1 unspecified atom stereocenters. The predicted molar refractivity (Wildman–Crippen MR) is 64.2 cm³/mol. The molecule has 0 saturated heterocycles. The van der Waals surface area contributed by atoms with Crippen LogP contribution in [0.4, 0.5) is 0 Å². The standard InChI is InChI=1S/C11H21NO2S/c1-9(14-2)10(13)12-8-11(15-3)6-4-5-7-11/h9H,4-8H2,1-3H3,(H,12,13). The summed E-state index contributed by atoms with van der Waals surface area (Å²) in [7, 11) is 1.56. The first-order valence-electron chi connectivity index (χ1n) is 5.49. The molecule has 1 saturated carbocycles. The molecular formula is C11H21NO2S. The molecule has 1 aliphatic carbocycles. The third kappa shape index (κ3) is 3.38. The van der Waals surface area contributed by atoms with E-state index >= 15 is 0 Å². The lowest BCUT2D eigenvalue weighted by Gasteiger charge is -2.27. The van der Waals surface area contributed by atoms with Crippen molar-refractivity contribution >= 4 is 17.7 Å². The highest BCUT2D eigenvalue weighted by molar-refractivity contribution is 8.00. The van der Waals surface area contributed by atoms with E-state index in [1.54, 1.807) is 14.0 Å². The summed E-state index contributed by atoms with van der Waals surface area (Å²) in [5, 5.41) is 2.98. The Morgan fingerprint density at radius 3 is 2.60 bits per heavy atom. The van der Waals surface area contributed by atoms with Crippen LogP contribution in [-0.4, -0.2) is 36.7 Å². The van der Waals surface area contributed by atoms with Crippen molar-refractivity contribution in [1.82, 2.24) is 5.32 Å². The Balaban J connectivity index is 2.37. The number of ether oxygens (including phenoxy) is 1. The molecule has 0 heterocycles. The summed E-state index contributed by atoms with van der Waals surface area (Å²) in [4.78, 5) is 11.5. The van der Waals surface area contributed by atoms with Gasteiger partial charge in [-0.25, -0.2) is 0 Å². The number of thioether (sulfide) groups is 1. The van der Waals surface area contributed by atoms with Crippen LogP contribution in [0, 0.1) is 0 Å². The number of hydrogen-bond donors (Lipinski definition) is 1. The zero-order valence-electron chi connectivity index (χ0n) is 9.84. The van der Waals surface area contributed by atoms with E-state index < -0.39 is 0 Å². The molecule has 0 aromatic carbocycles. The zero-order chi connectivity index (χ0) is 11.3. The van der Waals surface area contributed by atoms with Crippen LogP contribution >= 0.6 is 11.8 Å². The average molecular weight is 231 g/mol. The molecule has 0 aromatic rings. The first kappa shape index (κ1) is 12.8. The van der Waals surface area contributed by atoms with Gasteiger partial charge in [-0.05, 0) is 26.0 Å². The molecule has 4 heteroatoms. The topological polar surface area (TPSA) is 38.3 Å². The van der Waals surface area contributed by atoms with Crippen LogP contribution in [0.2, 0.25) is 0 Å². The Bertz CT molecular complexity index is 215. The smallest absolute Gasteiger partial charge is 0.248 e. The second-order valence-corrected chi connectivity index (χ2v) is 5.46. The van der Waals surface area contributed by atoms with Crippen LogP contribution < -0.4 is 5.32 Å². The fourth-order valence-corrected chi connectivity index (χ4v) is 2.88. The third-order valence-electron chi connectivity index (χ3n) is 3.26. The summed E-state index contributed by atoms with van der Waals surface area (Å²) in [5.41, 5.74) is 0. The van der Waals surface area contributed by atoms with E-state index in [-0.39, 0.29) is 16.8 Å². The maximum absolute atomic E-state index is 11.5. The van der Waals surface area contributed by atoms with Crippen LogP contribution in [0.1, 0.15) is 32.6 Å². The van der Waals surface area contributed by atoms with Gasteiger partial charge in [0.1, 0.15) is 6.10 Å². The van der Waals surface area contributed by atoms with E-state index in [9.17, 15) is 4.79 Å². The molecule has 0 aliphatic heterocycles. The third-order valence-corrected chi connectivity index (χ3v) is 4.67. The van der Waals surface area contributed by atoms with Crippen molar-refractivity contribution in [2.45, 2.75) is 43.5 Å². The van der Waals surface area contributed by atoms with Crippen molar-refractivity contribution in [3.8, 4) is 0 Å². The van der Waals surface area contributed by atoms with E-state index in [1.807, 2.05) is 11.8 Å². The Labute approximate surface area is 96.3 Å². The molecule has 0 radical (unpaired) electrons. The summed E-state index contributed by atoms with van der Waals surface area (Å²) in [5.74, 6) is -0.00201. The largest absolute Gasteiger partial charge is 0.372 e. The molecule has 0 aromatic heterocycles. The maximum Gasteiger partial charge on any atom is 0.248 e. The molecule has 15 heavy (non-hydrogen) atoms. The summed E-state index contributed by atoms with van der Waals surface area (Å²) in [6, 6.07) is 0. The van der Waals surface area contributed by atoms with E-state index in [2.05, 4.69) is 11.6 Å². The van der Waals surface area contributed by atoms with Crippen molar-refractivity contribution in [3.63, 3.8) is 0 Å². The molecule has 3 nitrogen and oxygen atoms in total. The normalized spacial score (nSPS) is 21.3. The highest BCUT2D eigenvalue weighted by Gasteiger charge is 2.33. The van der Waals surface area contributed by atoms with Gasteiger partial charge in [0.05, 0.1) is 0 Å². The summed E-state index contributed by atoms with van der Waals surface area (Å²) in [6.07, 6.45) is 6.81. The van der Waals surface area contributed by atoms with Crippen LogP contribution in [-0.2, 0) is 9.53 Å². The average Bonchev–Trinajstić information content (AvgIpc) is 2.74. The number of rotatable bonds is 5. The predicted octanol–water partition coefficient (Wildman–Crippen LogP) is 1.81. The Kier molecular flexibility index (Phi) is 4.93. The van der Waals surface area contributed by atoms with Crippen molar-refractivity contribution < 1.29 is 9.53 Å². The van der Waals surface area contributed by atoms with Crippen LogP contribution in [0.3, 0.4) is 0 Å². The highest BCUT2D eigenvalue weighted by atomic mass is 32.2. The minimum atomic E-state index is -0.342. The van der Waals surface area contributed by atoms with Gasteiger partial charge in [0.25, 0.3) is 0 Å². The number of methoxy groups -OCH3 is 1. The van der Waals surface area contributed by atoms with E-state index in [1.165, 1.54) is 25.7 Å². The van der Waals surface area contributed by atoms with Crippen LogP contribution in [0.5, 0.6) is 0 Å². The van der Waals surface area contributed by atoms with Gasteiger partial charge in [0.2, 0.25) is 5.91 Å². The highest BCUT2D eigenvalue weighted by Crippen LogP contribution is 2.39. The number of amides is 1. The number of carbonyl (C=O) groups is 1. The first-order chi connectivity index (χ1) is 7.13. The lowest BCUT2D eigenvalue weighted by molar-refractivity contribution is -0.130. The van der Waals surface area contributed by atoms with Crippen LogP contribution in [0.15, 0.2) is 0 Å². The minimum Gasteiger partial charge on any atom is -0.372 e. The molecule has 1 fully saturated rings. The van der Waals surface area contributed by atoms with Crippen LogP contribution in [0.25, 0.3) is 0 Å². The van der Waals surface area contributed by atoms with E-state index in [0.29, 0.717) is 0 Å².